The second kappa shape index (κ2) is 7.69. The minimum absolute atomic E-state index is 0.0177. The van der Waals surface area contributed by atoms with Crippen molar-refractivity contribution in [1.29, 1.82) is 0 Å². The van der Waals surface area contributed by atoms with Crippen LogP contribution < -0.4 is 10.0 Å². The zero-order chi connectivity index (χ0) is 15.3. The smallest absolute Gasteiger partial charge is 0.241 e. The highest BCUT2D eigenvalue weighted by atomic mass is 79.9. The molecule has 0 saturated carbocycles. The lowest BCUT2D eigenvalue weighted by atomic mass is 10.1. The Labute approximate surface area is 134 Å². The Bertz CT molecular complexity index is 572. The van der Waals surface area contributed by atoms with Gasteiger partial charge in [-0.1, -0.05) is 6.07 Å². The van der Waals surface area contributed by atoms with Crippen LogP contribution in [0.4, 0.5) is 0 Å². The Kier molecular flexibility index (Phi) is 6.19. The van der Waals surface area contributed by atoms with Gasteiger partial charge in [-0.05, 0) is 59.9 Å². The molecule has 1 aromatic carbocycles. The van der Waals surface area contributed by atoms with E-state index in [2.05, 4.69) is 26.0 Å². The van der Waals surface area contributed by atoms with Gasteiger partial charge >= 0.3 is 0 Å². The Hall–Kier alpha value is -0.470. The third-order valence-electron chi connectivity index (χ3n) is 3.44. The van der Waals surface area contributed by atoms with Crippen LogP contribution in [0.5, 0.6) is 0 Å². The van der Waals surface area contributed by atoms with Crippen molar-refractivity contribution in [2.24, 2.45) is 0 Å². The lowest BCUT2D eigenvalue weighted by molar-refractivity contribution is 0.0200. The molecule has 0 aliphatic carbocycles. The van der Waals surface area contributed by atoms with Gasteiger partial charge in [0.1, 0.15) is 0 Å². The molecule has 7 heteroatoms. The van der Waals surface area contributed by atoms with Crippen LogP contribution in [-0.2, 0) is 21.3 Å². The van der Waals surface area contributed by atoms with Gasteiger partial charge in [0, 0.05) is 24.2 Å². The molecule has 1 aliphatic rings. The molecule has 2 rings (SSSR count). The first-order chi connectivity index (χ1) is 10.0. The fourth-order valence-electron chi connectivity index (χ4n) is 2.33. The van der Waals surface area contributed by atoms with Gasteiger partial charge in [-0.25, -0.2) is 13.1 Å². The summed E-state index contributed by atoms with van der Waals surface area (Å²) in [5.74, 6) is 0. The highest BCUT2D eigenvalue weighted by Crippen LogP contribution is 2.23. The third kappa shape index (κ3) is 4.75. The van der Waals surface area contributed by atoms with Crippen LogP contribution in [0.3, 0.4) is 0 Å². The highest BCUT2D eigenvalue weighted by molar-refractivity contribution is 9.10. The fourth-order valence-corrected chi connectivity index (χ4v) is 4.51. The predicted octanol–water partition coefficient (Wildman–Crippen LogP) is 2.02. The van der Waals surface area contributed by atoms with E-state index in [4.69, 9.17) is 4.74 Å². The molecule has 0 spiro atoms. The fraction of sp³-hybridized carbons (Fsp3) is 0.571. The molecule has 0 aromatic heterocycles. The van der Waals surface area contributed by atoms with E-state index in [0.717, 1.165) is 31.4 Å². The summed E-state index contributed by atoms with van der Waals surface area (Å²) in [7, 11) is -1.67. The minimum atomic E-state index is -3.52. The van der Waals surface area contributed by atoms with E-state index in [1.54, 1.807) is 6.07 Å². The number of ether oxygens (including phenoxy) is 1. The molecule has 118 valence electrons. The molecule has 1 unspecified atom stereocenters. The number of benzene rings is 1. The first-order valence-electron chi connectivity index (χ1n) is 7.07. The van der Waals surface area contributed by atoms with Crippen molar-refractivity contribution in [3.63, 3.8) is 0 Å². The zero-order valence-electron chi connectivity index (χ0n) is 12.1. The van der Waals surface area contributed by atoms with Crippen molar-refractivity contribution in [2.75, 3.05) is 20.2 Å². The standard InChI is InChI=1S/C14H21BrN2O3S/c1-16-9-11-5-6-14(13(15)8-11)21(18,19)17-10-12-4-2-3-7-20-12/h5-6,8,12,16-17H,2-4,7,9-10H2,1H3. The first-order valence-corrected chi connectivity index (χ1v) is 9.35. The van der Waals surface area contributed by atoms with Gasteiger partial charge in [0.25, 0.3) is 0 Å². The zero-order valence-corrected chi connectivity index (χ0v) is 14.5. The molecule has 1 fully saturated rings. The van der Waals surface area contributed by atoms with E-state index in [9.17, 15) is 8.42 Å². The molecule has 1 aromatic rings. The molecule has 1 atom stereocenters. The minimum Gasteiger partial charge on any atom is -0.377 e. The van der Waals surface area contributed by atoms with Gasteiger partial charge < -0.3 is 10.1 Å². The maximum absolute atomic E-state index is 12.4. The van der Waals surface area contributed by atoms with Crippen molar-refractivity contribution < 1.29 is 13.2 Å². The van der Waals surface area contributed by atoms with E-state index in [-0.39, 0.29) is 11.0 Å². The maximum Gasteiger partial charge on any atom is 0.241 e. The average Bonchev–Trinajstić information content (AvgIpc) is 2.46. The van der Waals surface area contributed by atoms with Crippen LogP contribution in [-0.4, -0.2) is 34.7 Å². The highest BCUT2D eigenvalue weighted by Gasteiger charge is 2.21. The summed E-state index contributed by atoms with van der Waals surface area (Å²) < 4.78 is 33.5. The SMILES string of the molecule is CNCc1ccc(S(=O)(=O)NCC2CCCCO2)c(Br)c1. The van der Waals surface area contributed by atoms with Crippen LogP contribution in [0.25, 0.3) is 0 Å². The number of hydrogen-bond donors (Lipinski definition) is 2. The van der Waals surface area contributed by atoms with Gasteiger partial charge in [0.05, 0.1) is 11.0 Å². The third-order valence-corrected chi connectivity index (χ3v) is 5.84. The normalized spacial score (nSPS) is 19.6. The Morgan fingerprint density at radius 1 is 1.38 bits per heavy atom. The number of halogens is 1. The molecular formula is C14H21BrN2O3S. The van der Waals surface area contributed by atoms with Crippen molar-refractivity contribution in [2.45, 2.75) is 36.8 Å². The summed E-state index contributed by atoms with van der Waals surface area (Å²) in [5, 5.41) is 3.04. The predicted molar refractivity (Wildman–Crippen MR) is 85.7 cm³/mol. The molecule has 1 heterocycles. The monoisotopic (exact) mass is 376 g/mol. The van der Waals surface area contributed by atoms with Gasteiger partial charge in [-0.15, -0.1) is 0 Å². The number of sulfonamides is 1. The van der Waals surface area contributed by atoms with E-state index < -0.39 is 10.0 Å². The van der Waals surface area contributed by atoms with Crippen molar-refractivity contribution in [3.05, 3.63) is 28.2 Å². The maximum atomic E-state index is 12.4. The van der Waals surface area contributed by atoms with Gasteiger partial charge in [0.2, 0.25) is 10.0 Å². The second-order valence-corrected chi connectivity index (χ2v) is 7.73. The number of hydrogen-bond acceptors (Lipinski definition) is 4. The average molecular weight is 377 g/mol. The van der Waals surface area contributed by atoms with Crippen LogP contribution >= 0.6 is 15.9 Å². The Balaban J connectivity index is 2.04. The summed E-state index contributed by atoms with van der Waals surface area (Å²) in [6.45, 7) is 1.74. The van der Waals surface area contributed by atoms with Crippen LogP contribution in [0.1, 0.15) is 24.8 Å². The lowest BCUT2D eigenvalue weighted by Gasteiger charge is -2.22. The van der Waals surface area contributed by atoms with Crippen molar-refractivity contribution in [3.8, 4) is 0 Å². The van der Waals surface area contributed by atoms with Crippen molar-refractivity contribution in [1.82, 2.24) is 10.0 Å². The molecule has 0 amide bonds. The van der Waals surface area contributed by atoms with E-state index in [0.29, 0.717) is 17.6 Å². The largest absolute Gasteiger partial charge is 0.377 e. The molecule has 1 aliphatic heterocycles. The quantitative estimate of drug-likeness (QED) is 0.796. The number of rotatable bonds is 6. The molecule has 2 N–H and O–H groups in total. The van der Waals surface area contributed by atoms with Gasteiger partial charge in [0.15, 0.2) is 0 Å². The Morgan fingerprint density at radius 3 is 2.81 bits per heavy atom. The summed E-state index contributed by atoms with van der Waals surface area (Å²) >= 11 is 3.34. The molecule has 5 nitrogen and oxygen atoms in total. The topological polar surface area (TPSA) is 67.4 Å². The van der Waals surface area contributed by atoms with Gasteiger partial charge in [-0.2, -0.15) is 0 Å². The summed E-state index contributed by atoms with van der Waals surface area (Å²) in [5.41, 5.74) is 1.03. The summed E-state index contributed by atoms with van der Waals surface area (Å²) in [6.07, 6.45) is 3.04. The molecule has 21 heavy (non-hydrogen) atoms. The van der Waals surface area contributed by atoms with Crippen molar-refractivity contribution >= 4 is 26.0 Å². The lowest BCUT2D eigenvalue weighted by Crippen LogP contribution is -2.35. The Morgan fingerprint density at radius 2 is 2.19 bits per heavy atom. The molecule has 1 saturated heterocycles. The van der Waals surface area contributed by atoms with E-state index >= 15 is 0 Å². The molecule has 0 bridgehead atoms. The van der Waals surface area contributed by atoms with E-state index in [1.807, 2.05) is 19.2 Å². The first kappa shape index (κ1) is 16.9. The van der Waals surface area contributed by atoms with Crippen LogP contribution in [0.2, 0.25) is 0 Å². The second-order valence-electron chi connectivity index (χ2n) is 5.14. The van der Waals surface area contributed by atoms with E-state index in [1.165, 1.54) is 0 Å². The summed E-state index contributed by atoms with van der Waals surface area (Å²) in [6, 6.07) is 5.26. The van der Waals surface area contributed by atoms with Gasteiger partial charge in [-0.3, -0.25) is 0 Å². The molecule has 0 radical (unpaired) electrons. The summed E-state index contributed by atoms with van der Waals surface area (Å²) in [4.78, 5) is 0.262. The number of nitrogens with one attached hydrogen (secondary N) is 2. The van der Waals surface area contributed by atoms with Crippen LogP contribution in [0.15, 0.2) is 27.6 Å². The molecular weight excluding hydrogens is 356 g/mol. The van der Waals surface area contributed by atoms with Crippen LogP contribution in [0, 0.1) is 0 Å².